The smallest absolute Gasteiger partial charge is 0.872 e. The molecule has 0 atom stereocenters. The van der Waals surface area contributed by atoms with E-state index in [4.69, 9.17) is 4.74 Å². The van der Waals surface area contributed by atoms with Crippen LogP contribution in [-0.4, -0.2) is 13.0 Å². The molecule has 5 nitrogen and oxygen atoms in total. The molecule has 0 heterocycles. The summed E-state index contributed by atoms with van der Waals surface area (Å²) >= 11 is 0. The summed E-state index contributed by atoms with van der Waals surface area (Å²) in [7, 11) is -4.30. The van der Waals surface area contributed by atoms with Crippen LogP contribution in [0.3, 0.4) is 0 Å². The van der Waals surface area contributed by atoms with Crippen LogP contribution in [0.15, 0.2) is 47.4 Å². The maximum Gasteiger partial charge on any atom is 1.00 e. The van der Waals surface area contributed by atoms with Crippen LogP contribution in [0.25, 0.3) is 0 Å². The first kappa shape index (κ1) is 29.0. The van der Waals surface area contributed by atoms with Crippen LogP contribution in [0, 0.1) is 0 Å². The molecule has 172 valence electrons. The summed E-state index contributed by atoms with van der Waals surface area (Å²) in [6.45, 7) is 2.24. The Hall–Kier alpha value is -1.05. The number of benzene rings is 2. The molecule has 2 rings (SSSR count). The van der Waals surface area contributed by atoms with Crippen molar-refractivity contribution in [1.29, 1.82) is 0 Å². The summed E-state index contributed by atoms with van der Waals surface area (Å²) in [6.07, 6.45) is 14.6. The Morgan fingerprint density at radius 1 is 0.844 bits per heavy atom. The molecule has 0 fully saturated rings. The maximum absolute atomic E-state index is 11.8. The summed E-state index contributed by atoms with van der Waals surface area (Å²) in [4.78, 5) is -0.225. The molecule has 2 aromatic carbocycles. The molecule has 0 aromatic heterocycles. The quantitative estimate of drug-likeness (QED) is 0.244. The molecule has 1 N–H and O–H groups in total. The van der Waals surface area contributed by atoms with Crippen molar-refractivity contribution in [2.24, 2.45) is 0 Å². The molecule has 0 saturated carbocycles. The van der Waals surface area contributed by atoms with E-state index in [0.717, 1.165) is 24.8 Å². The summed E-state index contributed by atoms with van der Waals surface area (Å²) in [5.74, 6) is 0.769. The minimum atomic E-state index is -4.30. The largest absolute Gasteiger partial charge is 1.00 e. The van der Waals surface area contributed by atoms with Gasteiger partial charge >= 0.3 is 29.6 Å². The van der Waals surface area contributed by atoms with Crippen molar-refractivity contribution >= 4 is 10.1 Å². The van der Waals surface area contributed by atoms with Crippen molar-refractivity contribution in [3.05, 3.63) is 48.0 Å². The number of rotatable bonds is 15. The van der Waals surface area contributed by atoms with Crippen LogP contribution in [0.1, 0.15) is 83.1 Å². The van der Waals surface area contributed by atoms with E-state index in [1.807, 2.05) is 0 Å². The normalized spacial score (nSPS) is 11.2. The van der Waals surface area contributed by atoms with Crippen molar-refractivity contribution in [1.82, 2.24) is 0 Å². The standard InChI is InChI=1S/C25H36O5S.Na/c1-2-3-4-5-6-7-8-9-10-11-12-14-21-19-22(26)17-18-25(21)30-23-15-13-16-24(20-23)31(27,28)29;/h13,15-20,26H,2-12,14H2,1H3,(H,27,28,29);/q;+1/p-1. The summed E-state index contributed by atoms with van der Waals surface area (Å²) in [5, 5.41) is 11.8. The Morgan fingerprint density at radius 2 is 1.44 bits per heavy atom. The fourth-order valence-electron chi connectivity index (χ4n) is 3.66. The average Bonchev–Trinajstić information content (AvgIpc) is 2.73. The Bertz CT molecular complexity index is 899. The first-order valence-electron chi connectivity index (χ1n) is 11.5. The molecule has 2 aromatic rings. The Kier molecular flexibility index (Phi) is 14.2. The zero-order valence-electron chi connectivity index (χ0n) is 19.5. The molecule has 0 radical (unpaired) electrons. The molecule has 0 aliphatic carbocycles. The third-order valence-electron chi connectivity index (χ3n) is 5.41. The van der Waals surface area contributed by atoms with Crippen LogP contribution in [0.5, 0.6) is 17.2 Å². The Labute approximate surface area is 215 Å². The topological polar surface area (TPSA) is 86.7 Å². The first-order chi connectivity index (χ1) is 14.9. The first-order valence-corrected chi connectivity index (χ1v) is 12.9. The van der Waals surface area contributed by atoms with E-state index in [9.17, 15) is 18.1 Å². The van der Waals surface area contributed by atoms with Crippen molar-refractivity contribution in [3.63, 3.8) is 0 Å². The summed E-state index contributed by atoms with van der Waals surface area (Å²) in [5.41, 5.74) is 0.820. The van der Waals surface area contributed by atoms with Gasteiger partial charge in [0.05, 0.1) is 4.90 Å². The van der Waals surface area contributed by atoms with Gasteiger partial charge < -0.3 is 9.84 Å². The number of ether oxygens (including phenoxy) is 1. The second-order valence-corrected chi connectivity index (χ2v) is 9.53. The summed E-state index contributed by atoms with van der Waals surface area (Å²) in [6, 6.07) is 10.3. The molecule has 0 aliphatic heterocycles. The van der Waals surface area contributed by atoms with Gasteiger partial charge in [-0.05, 0) is 36.6 Å². The van der Waals surface area contributed by atoms with Crippen LogP contribution in [0.4, 0.5) is 0 Å². The minimum absolute atomic E-state index is 0. The zero-order chi connectivity index (χ0) is 22.5. The van der Waals surface area contributed by atoms with Crippen molar-refractivity contribution in [3.8, 4) is 17.2 Å². The molecule has 0 aliphatic rings. The van der Waals surface area contributed by atoms with Crippen molar-refractivity contribution in [2.75, 3.05) is 0 Å². The Balaban J connectivity index is 0.00000512. The number of aryl methyl sites for hydroxylation is 1. The molecular weight excluding hydrogens is 435 g/mol. The third-order valence-corrected chi connectivity index (χ3v) is 6.26. The van der Waals surface area contributed by atoms with Gasteiger partial charge in [0.1, 0.15) is 11.5 Å². The van der Waals surface area contributed by atoms with Crippen LogP contribution >= 0.6 is 0 Å². The van der Waals surface area contributed by atoms with E-state index in [1.165, 1.54) is 82.1 Å². The maximum atomic E-state index is 11.8. The molecule has 0 amide bonds. The van der Waals surface area contributed by atoms with E-state index in [0.29, 0.717) is 11.5 Å². The van der Waals surface area contributed by atoms with E-state index < -0.39 is 10.1 Å². The molecule has 7 heteroatoms. The second-order valence-electron chi connectivity index (χ2n) is 8.11. The van der Waals surface area contributed by atoms with Crippen LogP contribution < -0.4 is 39.4 Å². The number of hydrogen-bond donors (Lipinski definition) is 1. The van der Waals surface area contributed by atoms with Gasteiger partial charge in [0.2, 0.25) is 0 Å². The zero-order valence-corrected chi connectivity index (χ0v) is 22.3. The van der Waals surface area contributed by atoms with E-state index in [-0.39, 0.29) is 40.2 Å². The van der Waals surface area contributed by atoms with Gasteiger partial charge in [-0.1, -0.05) is 89.3 Å². The average molecular weight is 471 g/mol. The van der Waals surface area contributed by atoms with E-state index >= 15 is 0 Å². The van der Waals surface area contributed by atoms with Gasteiger partial charge in [0.25, 0.3) is 10.1 Å². The van der Waals surface area contributed by atoms with Gasteiger partial charge in [-0.25, -0.2) is 0 Å². The molecule has 0 unspecified atom stereocenters. The fourth-order valence-corrected chi connectivity index (χ4v) is 4.17. The molecule has 32 heavy (non-hydrogen) atoms. The van der Waals surface area contributed by atoms with E-state index in [2.05, 4.69) is 6.92 Å². The van der Waals surface area contributed by atoms with Crippen molar-refractivity contribution < 1.29 is 52.4 Å². The van der Waals surface area contributed by atoms with Crippen LogP contribution in [0.2, 0.25) is 0 Å². The minimum Gasteiger partial charge on any atom is -0.872 e. The van der Waals surface area contributed by atoms with Crippen molar-refractivity contribution in [2.45, 2.75) is 88.9 Å². The number of hydrogen-bond acceptors (Lipinski definition) is 4. The monoisotopic (exact) mass is 470 g/mol. The van der Waals surface area contributed by atoms with Gasteiger partial charge in [-0.15, -0.1) is 5.75 Å². The SMILES string of the molecule is CCCCCCCCCCCCCc1cc([O-])ccc1Oc1cccc(S(=O)(=O)O)c1.[Na+]. The summed E-state index contributed by atoms with van der Waals surface area (Å²) < 4.78 is 37.7. The predicted molar refractivity (Wildman–Crippen MR) is 122 cm³/mol. The van der Waals surface area contributed by atoms with Crippen LogP contribution in [-0.2, 0) is 16.5 Å². The fraction of sp³-hybridized carbons (Fsp3) is 0.520. The Morgan fingerprint density at radius 3 is 2.03 bits per heavy atom. The molecule has 0 spiro atoms. The van der Waals surface area contributed by atoms with Gasteiger partial charge in [-0.3, -0.25) is 4.55 Å². The van der Waals surface area contributed by atoms with E-state index in [1.54, 1.807) is 18.2 Å². The van der Waals surface area contributed by atoms with Gasteiger partial charge in [0.15, 0.2) is 0 Å². The third kappa shape index (κ3) is 11.2. The van der Waals surface area contributed by atoms with Gasteiger partial charge in [0, 0.05) is 6.07 Å². The number of unbranched alkanes of at least 4 members (excludes halogenated alkanes) is 10. The molecule has 0 saturated heterocycles. The second kappa shape index (κ2) is 15.7. The molecular formula is C25H35NaO5S. The molecule has 0 bridgehead atoms. The van der Waals surface area contributed by atoms with Gasteiger partial charge in [-0.2, -0.15) is 8.42 Å². The predicted octanol–water partition coefficient (Wildman–Crippen LogP) is 3.66.